The Balaban J connectivity index is 0.00000294. The molecule has 0 bridgehead atoms. The van der Waals surface area contributed by atoms with Gasteiger partial charge in [0.2, 0.25) is 0 Å². The van der Waals surface area contributed by atoms with Gasteiger partial charge >= 0.3 is 0 Å². The molecule has 2 aliphatic rings. The van der Waals surface area contributed by atoms with Crippen LogP contribution in [0.1, 0.15) is 41.5 Å². The summed E-state index contributed by atoms with van der Waals surface area (Å²) in [6, 6.07) is 43.8. The Kier molecular flexibility index (Phi) is 10.7. The molecule has 2 aliphatic heterocycles. The molecule has 0 amide bonds. The van der Waals surface area contributed by atoms with Gasteiger partial charge in [-0.25, -0.2) is 0 Å². The van der Waals surface area contributed by atoms with Crippen molar-refractivity contribution in [2.75, 3.05) is 0 Å². The number of hydrogen-bond donors (Lipinski definition) is 0. The Bertz CT molecular complexity index is 1050. The first-order chi connectivity index (χ1) is 18.3. The third-order valence-corrected chi connectivity index (χ3v) is 12.7. The van der Waals surface area contributed by atoms with Gasteiger partial charge in [0.05, 0.1) is 22.6 Å². The van der Waals surface area contributed by atoms with Crippen LogP contribution in [0.5, 0.6) is 0 Å². The molecule has 38 heavy (non-hydrogen) atoms. The van der Waals surface area contributed by atoms with E-state index in [2.05, 4.69) is 121 Å². The van der Waals surface area contributed by atoms with Crippen LogP contribution in [0.2, 0.25) is 0 Å². The van der Waals surface area contributed by atoms with Crippen LogP contribution in [0, 0.1) is 33.4 Å². The molecule has 0 saturated carbocycles. The zero-order chi connectivity index (χ0) is 24.9. The molecule has 0 spiro atoms. The first-order valence-electron chi connectivity index (χ1n) is 12.6. The normalized spacial score (nSPS) is 20.6. The van der Waals surface area contributed by atoms with Crippen LogP contribution < -0.4 is 0 Å². The van der Waals surface area contributed by atoms with Gasteiger partial charge in [-0.2, -0.15) is 0 Å². The van der Waals surface area contributed by atoms with Gasteiger partial charge in [0, 0.05) is 27.9 Å². The van der Waals surface area contributed by atoms with Gasteiger partial charge in [-0.1, -0.05) is 162 Å². The summed E-state index contributed by atoms with van der Waals surface area (Å²) in [6.45, 7) is 0. The van der Waals surface area contributed by atoms with Gasteiger partial charge in [-0.15, -0.1) is 0 Å². The molecule has 2 fully saturated rings. The first-order valence-corrected chi connectivity index (χ1v) is 16.2. The fraction of sp³-hybridized carbons (Fsp3) is 0.0909. The van der Waals surface area contributed by atoms with Crippen LogP contribution in [0.25, 0.3) is 0 Å². The first kappa shape index (κ1) is 28.6. The average Bonchev–Trinajstić information content (AvgIpc) is 3.60. The molecular weight excluding hydrogens is 576 g/mol. The van der Waals surface area contributed by atoms with Crippen molar-refractivity contribution in [3.63, 3.8) is 0 Å². The Morgan fingerprint density at radius 3 is 0.816 bits per heavy atom. The van der Waals surface area contributed by atoms with Gasteiger partial charge in [-0.05, 0) is 35.1 Å². The van der Waals surface area contributed by atoms with Crippen molar-refractivity contribution >= 4 is 34.3 Å². The largest absolute Gasteiger partial charge is 0.0622 e. The topological polar surface area (TPSA) is 0 Å². The van der Waals surface area contributed by atoms with Crippen molar-refractivity contribution in [1.29, 1.82) is 0 Å². The minimum Gasteiger partial charge on any atom is -0.0622 e. The summed E-state index contributed by atoms with van der Waals surface area (Å²) in [5.41, 5.74) is 11.4. The zero-order valence-electron chi connectivity index (χ0n) is 20.8. The molecule has 0 nitrogen and oxygen atoms in total. The molecule has 2 saturated heterocycles. The maximum Gasteiger partial charge on any atom is 0.0506 e. The minimum absolute atomic E-state index is 0. The molecule has 5 heteroatoms. The predicted octanol–water partition coefficient (Wildman–Crippen LogP) is 11.3. The summed E-state index contributed by atoms with van der Waals surface area (Å²) in [5, 5.41) is 3.26. The van der Waals surface area contributed by atoms with Gasteiger partial charge in [0.15, 0.2) is 0 Å². The predicted molar refractivity (Wildman–Crippen MR) is 163 cm³/mol. The molecule has 0 N–H and O–H groups in total. The van der Waals surface area contributed by atoms with Crippen LogP contribution in [0.15, 0.2) is 121 Å². The molecule has 10 radical (unpaired) electrons. The van der Waals surface area contributed by atoms with E-state index < -0.39 is 0 Å². The van der Waals surface area contributed by atoms with Crippen LogP contribution in [-0.4, -0.2) is 0 Å². The van der Waals surface area contributed by atoms with E-state index in [1.807, 2.05) is 0 Å². The Labute approximate surface area is 246 Å². The number of rotatable bonds is 8. The summed E-state index contributed by atoms with van der Waals surface area (Å²) < 4.78 is 0. The van der Waals surface area contributed by atoms with Crippen LogP contribution in [0.4, 0.5) is 0 Å². The smallest absolute Gasteiger partial charge is 0.0506 e. The standard InChI is InChI=1S/C33H26P4.Fe/c1-5-14-24(15-6-1)30-31(25-16-7-2-8-17-25)35-28(34-30)22-13-23-29-36-32(26-18-9-3-10-19-26)33(37-29)27-20-11-4-12-21-27;/h1-12,14-21H,13,22-23H2;. The van der Waals surface area contributed by atoms with Crippen LogP contribution in [0.3, 0.4) is 0 Å². The van der Waals surface area contributed by atoms with Crippen molar-refractivity contribution < 1.29 is 17.1 Å². The summed E-state index contributed by atoms with van der Waals surface area (Å²) in [5.74, 6) is 0. The maximum absolute atomic E-state index is 2.26. The van der Waals surface area contributed by atoms with E-state index in [1.54, 1.807) is 10.8 Å². The third-order valence-electron chi connectivity index (χ3n) is 6.40. The molecule has 2 heterocycles. The van der Waals surface area contributed by atoms with Crippen molar-refractivity contribution in [2.24, 2.45) is 0 Å². The Morgan fingerprint density at radius 1 is 0.342 bits per heavy atom. The van der Waals surface area contributed by atoms with Crippen molar-refractivity contribution in [1.82, 2.24) is 0 Å². The van der Waals surface area contributed by atoms with Crippen molar-refractivity contribution in [2.45, 2.75) is 19.3 Å². The van der Waals surface area contributed by atoms with Gasteiger partial charge in [0.1, 0.15) is 0 Å². The second kappa shape index (κ2) is 14.1. The maximum atomic E-state index is 2.26. The SMILES string of the molecule is [Fe].c1ccc([C]2[P][C](CCC[C]3[P][C](c4ccccc4)[C](c4ccccc4)[P]3)[P][C]2c2ccccc2)cc1. The second-order valence-corrected chi connectivity index (χ2v) is 14.5. The van der Waals surface area contributed by atoms with E-state index in [0.717, 1.165) is 0 Å². The summed E-state index contributed by atoms with van der Waals surface area (Å²) in [4.78, 5) is 0. The molecule has 186 valence electrons. The van der Waals surface area contributed by atoms with Crippen LogP contribution in [-0.2, 0) is 17.1 Å². The molecule has 0 aromatic heterocycles. The van der Waals surface area contributed by atoms with E-state index >= 15 is 0 Å². The molecule has 0 aliphatic carbocycles. The number of hydrogen-bond acceptors (Lipinski definition) is 0. The molecule has 4 aromatic rings. The van der Waals surface area contributed by atoms with Gasteiger partial charge < -0.3 is 0 Å². The third kappa shape index (κ3) is 6.87. The molecule has 0 atom stereocenters. The Hall–Kier alpha value is -0.881. The second-order valence-electron chi connectivity index (χ2n) is 8.99. The molecular formula is C33H26FeP4. The number of benzene rings is 4. The van der Waals surface area contributed by atoms with Gasteiger partial charge in [0.25, 0.3) is 0 Å². The van der Waals surface area contributed by atoms with Crippen molar-refractivity contribution in [3.05, 3.63) is 177 Å². The monoisotopic (exact) mass is 602 g/mol. The fourth-order valence-corrected chi connectivity index (χ4v) is 11.0. The molecule has 6 rings (SSSR count). The van der Waals surface area contributed by atoms with E-state index in [4.69, 9.17) is 0 Å². The van der Waals surface area contributed by atoms with E-state index in [0.29, 0.717) is 0 Å². The Morgan fingerprint density at radius 2 is 0.579 bits per heavy atom. The summed E-state index contributed by atoms with van der Waals surface area (Å²) in [7, 11) is 5.61. The minimum atomic E-state index is 0. The fourth-order valence-electron chi connectivity index (χ4n) is 4.60. The summed E-state index contributed by atoms with van der Waals surface area (Å²) in [6.07, 6.45) is 3.59. The van der Waals surface area contributed by atoms with Crippen LogP contribution >= 0.6 is 34.3 Å². The zero-order valence-corrected chi connectivity index (χ0v) is 25.5. The van der Waals surface area contributed by atoms with Gasteiger partial charge in [-0.3, -0.25) is 0 Å². The van der Waals surface area contributed by atoms with E-state index in [1.165, 1.54) is 98.5 Å². The van der Waals surface area contributed by atoms with E-state index in [-0.39, 0.29) is 17.1 Å². The molecule has 4 aromatic carbocycles. The van der Waals surface area contributed by atoms with Crippen molar-refractivity contribution in [3.8, 4) is 0 Å². The quantitative estimate of drug-likeness (QED) is 0.139. The van der Waals surface area contributed by atoms with E-state index in [9.17, 15) is 0 Å². The average molecular weight is 602 g/mol. The summed E-state index contributed by atoms with van der Waals surface area (Å²) >= 11 is 0. The molecule has 0 unspecified atom stereocenters.